The van der Waals surface area contributed by atoms with Crippen molar-refractivity contribution in [3.05, 3.63) is 10.4 Å². The van der Waals surface area contributed by atoms with Crippen LogP contribution in [0.15, 0.2) is 5.11 Å². The van der Waals surface area contributed by atoms with Crippen molar-refractivity contribution in [3.8, 4) is 0 Å². The molecule has 0 aromatic heterocycles. The second-order valence-electron chi connectivity index (χ2n) is 0.455. The average Bonchev–Trinajstić information content (AvgIpc) is 1.35. The largest absolute Gasteiger partial charge is 1.00 e. The van der Waals surface area contributed by atoms with E-state index in [0.717, 1.165) is 0 Å². The van der Waals surface area contributed by atoms with E-state index in [1.165, 1.54) is 0 Å². The zero-order valence-corrected chi connectivity index (χ0v) is 7.29. The van der Waals surface area contributed by atoms with Crippen molar-refractivity contribution in [2.75, 3.05) is 0 Å². The number of nitrogens with zero attached hydrogens (tertiary/aromatic N) is 3. The van der Waals surface area contributed by atoms with Crippen LogP contribution in [0.3, 0.4) is 0 Å². The molecule has 0 heterocycles. The van der Waals surface area contributed by atoms with Crippen LogP contribution in [0.5, 0.6) is 0 Å². The molecule has 0 fully saturated rings. The minimum atomic E-state index is -0.0856. The van der Waals surface area contributed by atoms with Gasteiger partial charge in [-0.3, -0.25) is 0 Å². The Bertz CT molecular complexity index is 106. The summed E-state index contributed by atoms with van der Waals surface area (Å²) in [6.07, 6.45) is 0. The van der Waals surface area contributed by atoms with Crippen molar-refractivity contribution in [1.82, 2.24) is 0 Å². The summed E-state index contributed by atoms with van der Waals surface area (Å²) in [5.41, 5.74) is 7.54. The molecule has 0 aliphatic heterocycles. The molecular weight excluding hydrogens is 141 g/mol. The second-order valence-corrected chi connectivity index (χ2v) is 1.49. The van der Waals surface area contributed by atoms with Crippen LogP contribution >= 0.6 is 12.2 Å². The average molecular weight is 141 g/mol. The topological polar surface area (TPSA) is 48.8 Å². The smallest absolute Gasteiger partial charge is 0.427 e. The van der Waals surface area contributed by atoms with Crippen LogP contribution in [-0.2, 0) is 12.6 Å². The summed E-state index contributed by atoms with van der Waals surface area (Å²) in [5, 5.41) is 2.85. The van der Waals surface area contributed by atoms with Gasteiger partial charge in [-0.05, 0) is 5.53 Å². The molecule has 0 aromatic carbocycles. The number of hydrogen-bond acceptors (Lipinski definition) is 2. The van der Waals surface area contributed by atoms with Gasteiger partial charge >= 0.3 is 29.6 Å². The minimum absolute atomic E-state index is 0. The Balaban J connectivity index is 0. The molecule has 0 aromatic rings. The van der Waals surface area contributed by atoms with Crippen molar-refractivity contribution in [2.45, 2.75) is 0 Å². The van der Waals surface area contributed by atoms with E-state index >= 15 is 0 Å². The first-order valence-corrected chi connectivity index (χ1v) is 1.85. The fraction of sp³-hybridized carbons (Fsp3) is 0. The van der Waals surface area contributed by atoms with Gasteiger partial charge in [-0.1, -0.05) is 9.43 Å². The first kappa shape index (κ1) is 10.6. The fourth-order valence-corrected chi connectivity index (χ4v) is 0.110. The summed E-state index contributed by atoms with van der Waals surface area (Å²) in [7, 11) is 0. The maximum Gasteiger partial charge on any atom is 1.00 e. The molecule has 0 unspecified atom stereocenters. The molecule has 0 aliphatic rings. The van der Waals surface area contributed by atoms with E-state index < -0.39 is 0 Å². The van der Waals surface area contributed by atoms with Crippen molar-refractivity contribution >= 4 is 29.2 Å². The van der Waals surface area contributed by atoms with E-state index in [-0.39, 0.29) is 33.9 Å². The molecule has 32 valence electrons. The maximum absolute atomic E-state index is 7.54. The SMILES string of the molecule is [N-]=[N+]=NC(=S)[S-].[Na+]. The molecule has 0 bridgehead atoms. The molecule has 0 spiro atoms. The predicted octanol–water partition coefficient (Wildman–Crippen LogP) is -1.87. The minimum Gasteiger partial charge on any atom is -0.427 e. The van der Waals surface area contributed by atoms with Gasteiger partial charge in [-0.15, -0.1) is 0 Å². The summed E-state index contributed by atoms with van der Waals surface area (Å²) in [4.78, 5) is 2.31. The number of azide groups is 1. The quantitative estimate of drug-likeness (QED) is 0.0991. The van der Waals surface area contributed by atoms with Crippen LogP contribution in [-0.4, -0.2) is 4.32 Å². The molecule has 7 heavy (non-hydrogen) atoms. The first-order chi connectivity index (χ1) is 2.77. The van der Waals surface area contributed by atoms with Gasteiger partial charge in [-0.2, -0.15) is 0 Å². The van der Waals surface area contributed by atoms with E-state index in [1.54, 1.807) is 0 Å². The first-order valence-electron chi connectivity index (χ1n) is 1.03. The van der Waals surface area contributed by atoms with Crippen LogP contribution in [0.4, 0.5) is 0 Å². The standard InChI is InChI=1S/CHN3S2.Na/c2-4-3-1(5)6;/h(H,5,6);/q;+1/p-1. The molecule has 0 aliphatic carbocycles. The molecule has 0 rings (SSSR count). The van der Waals surface area contributed by atoms with E-state index in [1.807, 2.05) is 0 Å². The van der Waals surface area contributed by atoms with E-state index in [9.17, 15) is 0 Å². The Morgan fingerprint density at radius 3 is 2.29 bits per heavy atom. The van der Waals surface area contributed by atoms with Crippen molar-refractivity contribution in [3.63, 3.8) is 0 Å². The van der Waals surface area contributed by atoms with Gasteiger partial charge in [0.25, 0.3) is 0 Å². The van der Waals surface area contributed by atoms with E-state index in [4.69, 9.17) is 5.53 Å². The van der Waals surface area contributed by atoms with Crippen LogP contribution in [0, 0.1) is 0 Å². The molecule has 0 radical (unpaired) electrons. The summed E-state index contributed by atoms with van der Waals surface area (Å²) < 4.78 is -0.0856. The van der Waals surface area contributed by atoms with Gasteiger partial charge in [0.1, 0.15) is 0 Å². The van der Waals surface area contributed by atoms with Gasteiger partial charge in [0.05, 0.1) is 0 Å². The zero-order valence-electron chi connectivity index (χ0n) is 3.66. The van der Waals surface area contributed by atoms with E-state index in [0.29, 0.717) is 0 Å². The van der Waals surface area contributed by atoms with Crippen LogP contribution in [0.1, 0.15) is 0 Å². The number of rotatable bonds is 0. The van der Waals surface area contributed by atoms with Gasteiger partial charge in [0.15, 0.2) is 0 Å². The van der Waals surface area contributed by atoms with Crippen molar-refractivity contribution in [1.29, 1.82) is 0 Å². The van der Waals surface area contributed by atoms with Crippen LogP contribution in [0.2, 0.25) is 0 Å². The molecule has 0 N–H and O–H groups in total. The predicted molar refractivity (Wildman–Crippen MR) is 29.1 cm³/mol. The van der Waals surface area contributed by atoms with Crippen LogP contribution < -0.4 is 29.6 Å². The summed E-state index contributed by atoms with van der Waals surface area (Å²) in [6.45, 7) is 0. The Labute approximate surface area is 73.8 Å². The van der Waals surface area contributed by atoms with Gasteiger partial charge < -0.3 is 24.8 Å². The fourth-order valence-electron chi connectivity index (χ4n) is 0.0365. The van der Waals surface area contributed by atoms with Crippen molar-refractivity contribution in [2.24, 2.45) is 5.11 Å². The van der Waals surface area contributed by atoms with Crippen molar-refractivity contribution < 1.29 is 29.6 Å². The van der Waals surface area contributed by atoms with Crippen LogP contribution in [0.25, 0.3) is 10.4 Å². The Kier molecular flexibility index (Phi) is 10.00. The molecule has 0 saturated heterocycles. The number of thiocarbonyl (C=S) groups is 1. The van der Waals surface area contributed by atoms with E-state index in [2.05, 4.69) is 34.9 Å². The van der Waals surface area contributed by atoms with Gasteiger partial charge in [-0.25, -0.2) is 0 Å². The van der Waals surface area contributed by atoms with Gasteiger partial charge in [0.2, 0.25) is 0 Å². The normalized spacial score (nSPS) is 5.14. The molecule has 0 saturated carbocycles. The third-order valence-corrected chi connectivity index (χ3v) is 0.290. The molecule has 0 amide bonds. The second kappa shape index (κ2) is 6.62. The van der Waals surface area contributed by atoms with Gasteiger partial charge in [0, 0.05) is 4.91 Å². The number of hydrogen-bond donors (Lipinski definition) is 0. The Hall–Kier alpha value is 0.620. The molecule has 6 heteroatoms. The summed E-state index contributed by atoms with van der Waals surface area (Å²) in [5.74, 6) is 0. The molecular formula is CN3NaS2. The maximum atomic E-state index is 7.54. The summed E-state index contributed by atoms with van der Waals surface area (Å²) >= 11 is 8.38. The monoisotopic (exact) mass is 141 g/mol. The molecule has 0 atom stereocenters. The molecule has 3 nitrogen and oxygen atoms in total. The Morgan fingerprint density at radius 2 is 2.29 bits per heavy atom. The third kappa shape index (κ3) is 10.8. The Morgan fingerprint density at radius 1 is 1.86 bits per heavy atom. The zero-order chi connectivity index (χ0) is 4.99. The summed E-state index contributed by atoms with van der Waals surface area (Å²) in [6, 6.07) is 0. The third-order valence-electron chi connectivity index (χ3n) is 0.126.